The van der Waals surface area contributed by atoms with Crippen LogP contribution in [0.5, 0.6) is 0 Å². The number of nitrogens with zero attached hydrogens (tertiary/aromatic N) is 1. The van der Waals surface area contributed by atoms with Crippen molar-refractivity contribution >= 4 is 0 Å². The van der Waals surface area contributed by atoms with Crippen LogP contribution in [0.1, 0.15) is 20.1 Å². The fourth-order valence-electron chi connectivity index (χ4n) is 0.125. The summed E-state index contributed by atoms with van der Waals surface area (Å²) in [5.74, 6) is 0. The summed E-state index contributed by atoms with van der Waals surface area (Å²) in [4.78, 5) is -0.445. The molecule has 2 N–H and O–H groups in total. The summed E-state index contributed by atoms with van der Waals surface area (Å²) in [7, 11) is 0. The maximum atomic E-state index is 7.42. The summed E-state index contributed by atoms with van der Waals surface area (Å²) in [6, 6.07) is 0. The second-order valence-electron chi connectivity index (χ2n) is 0.828. The van der Waals surface area contributed by atoms with Gasteiger partial charge in [-0.2, -0.15) is 0 Å². The SMILES string of the molecule is [2H]C([2H])([2H])N(C([2H])([2H])[2H])C([2H])([2H])C([2H])([2H])CN. The Balaban J connectivity index is 5.65. The van der Waals surface area contributed by atoms with E-state index in [1.807, 2.05) is 0 Å². The minimum Gasteiger partial charge on any atom is -0.330 e. The van der Waals surface area contributed by atoms with Crippen LogP contribution in [0.2, 0.25) is 0 Å². The third kappa shape index (κ3) is 5.92. The zero-order valence-electron chi connectivity index (χ0n) is 13.7. The molecule has 0 saturated carbocycles. The fourth-order valence-corrected chi connectivity index (χ4v) is 0.125. The van der Waals surface area contributed by atoms with Crippen molar-refractivity contribution in [3.05, 3.63) is 0 Å². The highest BCUT2D eigenvalue weighted by Gasteiger charge is 1.83. The molecular weight excluding hydrogens is 88.1 g/mol. The Hall–Kier alpha value is -0.0800. The third-order valence-corrected chi connectivity index (χ3v) is 0.293. The number of hydrogen-bond donors (Lipinski definition) is 1. The predicted octanol–water partition coefficient (Wildman–Crippen LogP) is -0.103. The van der Waals surface area contributed by atoms with Crippen molar-refractivity contribution < 1.29 is 13.7 Å². The molecule has 0 spiro atoms. The van der Waals surface area contributed by atoms with Crippen LogP contribution in [-0.2, 0) is 0 Å². The number of hydrogen-bond acceptors (Lipinski definition) is 2. The fraction of sp³-hybridized carbons (Fsp3) is 1.00. The molecule has 0 fully saturated rings. The van der Waals surface area contributed by atoms with E-state index in [1.54, 1.807) is 0 Å². The van der Waals surface area contributed by atoms with Gasteiger partial charge in [-0.1, -0.05) is 0 Å². The molecule has 0 rings (SSSR count). The molecule has 0 aromatic rings. The minimum absolute atomic E-state index is 0.445. The largest absolute Gasteiger partial charge is 0.330 e. The first-order valence-electron chi connectivity index (χ1n) is 6.68. The molecule has 0 aliphatic heterocycles. The first kappa shape index (κ1) is 0.957. The molecule has 0 aromatic carbocycles. The Morgan fingerprint density at radius 1 is 1.86 bits per heavy atom. The Morgan fingerprint density at radius 3 is 3.00 bits per heavy atom. The van der Waals surface area contributed by atoms with E-state index in [1.165, 1.54) is 0 Å². The van der Waals surface area contributed by atoms with Crippen molar-refractivity contribution in [1.82, 2.24) is 4.90 Å². The zero-order chi connectivity index (χ0) is 14.3. The molecule has 2 heteroatoms. The van der Waals surface area contributed by atoms with Crippen molar-refractivity contribution in [1.29, 1.82) is 0 Å². The van der Waals surface area contributed by atoms with Gasteiger partial charge in [-0.25, -0.2) is 0 Å². The first-order chi connectivity index (χ1) is 7.18. The second kappa shape index (κ2) is 4.09. The highest BCUT2D eigenvalue weighted by Crippen LogP contribution is 1.76. The van der Waals surface area contributed by atoms with Gasteiger partial charge in [-0.15, -0.1) is 0 Å². The van der Waals surface area contributed by atoms with E-state index in [2.05, 4.69) is 0 Å². The Bertz CT molecular complexity index is 251. The lowest BCUT2D eigenvalue weighted by molar-refractivity contribution is 0.403. The molecule has 0 atom stereocenters. The van der Waals surface area contributed by atoms with E-state index in [0.717, 1.165) is 0 Å². The van der Waals surface area contributed by atoms with Gasteiger partial charge < -0.3 is 10.6 Å². The average molecular weight is 112 g/mol. The van der Waals surface area contributed by atoms with Crippen LogP contribution >= 0.6 is 0 Å². The molecule has 0 unspecified atom stereocenters. The number of rotatable bonds is 3. The summed E-state index contributed by atoms with van der Waals surface area (Å²) in [5.41, 5.74) is 5.01. The maximum absolute atomic E-state index is 7.42. The van der Waals surface area contributed by atoms with Gasteiger partial charge in [-0.3, -0.25) is 0 Å². The van der Waals surface area contributed by atoms with E-state index in [-0.39, 0.29) is 0 Å². The van der Waals surface area contributed by atoms with Crippen LogP contribution in [0.15, 0.2) is 0 Å². The van der Waals surface area contributed by atoms with Gasteiger partial charge in [0.1, 0.15) is 0 Å². The molecule has 0 radical (unpaired) electrons. The average Bonchev–Trinajstić information content (AvgIpc) is 1.96. The molecule has 44 valence electrons. The van der Waals surface area contributed by atoms with Gasteiger partial charge in [0.25, 0.3) is 0 Å². The molecule has 0 heterocycles. The highest BCUT2D eigenvalue weighted by molar-refractivity contribution is 4.42. The van der Waals surface area contributed by atoms with Crippen LogP contribution in [0.4, 0.5) is 0 Å². The molecule has 0 bridgehead atoms. The lowest BCUT2D eigenvalue weighted by atomic mass is 10.4. The molecule has 7 heavy (non-hydrogen) atoms. The Kier molecular flexibility index (Phi) is 0.559. The Morgan fingerprint density at radius 2 is 2.57 bits per heavy atom. The summed E-state index contributed by atoms with van der Waals surface area (Å²) in [6.07, 6.45) is -2.81. The quantitative estimate of drug-likeness (QED) is 0.552. The van der Waals surface area contributed by atoms with E-state index in [0.29, 0.717) is 0 Å². The van der Waals surface area contributed by atoms with Crippen LogP contribution in [0.3, 0.4) is 0 Å². The predicted molar refractivity (Wildman–Crippen MR) is 32.2 cm³/mol. The summed E-state index contributed by atoms with van der Waals surface area (Å²) >= 11 is 0. The molecule has 0 aliphatic carbocycles. The van der Waals surface area contributed by atoms with Gasteiger partial charge in [-0.05, 0) is 33.4 Å². The van der Waals surface area contributed by atoms with Crippen molar-refractivity contribution in [2.75, 3.05) is 27.0 Å². The van der Waals surface area contributed by atoms with Gasteiger partial charge in [0.05, 0.1) is 0 Å². The second-order valence-corrected chi connectivity index (χ2v) is 0.828. The van der Waals surface area contributed by atoms with Gasteiger partial charge >= 0.3 is 0 Å². The maximum Gasteiger partial charge on any atom is 0.0431 e. The summed E-state index contributed by atoms with van der Waals surface area (Å²) in [5, 5.41) is 0. The van der Waals surface area contributed by atoms with Crippen LogP contribution in [-0.4, -0.2) is 31.9 Å². The smallest absolute Gasteiger partial charge is 0.0431 e. The molecule has 0 saturated heterocycles. The molecule has 0 aliphatic rings. The van der Waals surface area contributed by atoms with Crippen molar-refractivity contribution in [3.63, 3.8) is 0 Å². The summed E-state index contributed by atoms with van der Waals surface area (Å²) in [6.45, 7) is -10.7. The lowest BCUT2D eigenvalue weighted by Crippen LogP contribution is -2.16. The highest BCUT2D eigenvalue weighted by atomic mass is 15.0. The number of nitrogens with two attached hydrogens (primary N) is 1. The van der Waals surface area contributed by atoms with Gasteiger partial charge in [0.15, 0.2) is 0 Å². The topological polar surface area (TPSA) is 29.3 Å². The van der Waals surface area contributed by atoms with Crippen LogP contribution < -0.4 is 5.73 Å². The Labute approximate surface area is 59.3 Å². The monoisotopic (exact) mass is 112 g/mol. The molecule has 0 amide bonds. The van der Waals surface area contributed by atoms with E-state index >= 15 is 0 Å². The first-order valence-corrected chi connectivity index (χ1v) is 1.68. The van der Waals surface area contributed by atoms with Crippen LogP contribution in [0.25, 0.3) is 0 Å². The third-order valence-electron chi connectivity index (χ3n) is 0.293. The molecule has 2 nitrogen and oxygen atoms in total. The van der Waals surface area contributed by atoms with Crippen molar-refractivity contribution in [2.45, 2.75) is 6.37 Å². The van der Waals surface area contributed by atoms with Crippen LogP contribution in [0, 0.1) is 0 Å². The molecular formula is C5H14N2. The lowest BCUT2D eigenvalue weighted by Gasteiger charge is -2.05. The van der Waals surface area contributed by atoms with E-state index in [4.69, 9.17) is 19.4 Å². The van der Waals surface area contributed by atoms with E-state index < -0.39 is 38.3 Å². The minimum atomic E-state index is -3.31. The standard InChI is InChI=1S/C5H14N2/c1-7(2)5-3-4-6/h3-6H2,1-2H3/i1D3,2D3,3D2,5D2. The van der Waals surface area contributed by atoms with Crippen molar-refractivity contribution in [2.24, 2.45) is 5.73 Å². The zero-order valence-corrected chi connectivity index (χ0v) is 3.73. The van der Waals surface area contributed by atoms with Gasteiger partial charge in [0, 0.05) is 13.7 Å². The summed E-state index contributed by atoms with van der Waals surface area (Å²) < 4.78 is 71.5. The molecule has 0 aromatic heterocycles. The van der Waals surface area contributed by atoms with E-state index in [9.17, 15) is 0 Å². The van der Waals surface area contributed by atoms with Gasteiger partial charge in [0.2, 0.25) is 0 Å². The normalized spacial score (nSPS) is 39.1. The van der Waals surface area contributed by atoms with Crippen molar-refractivity contribution in [3.8, 4) is 0 Å².